The fraction of sp³-hybridized carbons (Fsp3) is 0. The topological polar surface area (TPSA) is 43.8 Å². The number of nitrogens with zero attached hydrogens (tertiary/aromatic N) is 2. The number of nitrogens with two attached hydrogens (primary N) is 1. The summed E-state index contributed by atoms with van der Waals surface area (Å²) in [6, 6.07) is 5.39. The summed E-state index contributed by atoms with van der Waals surface area (Å²) in [4.78, 5) is 3.86. The van der Waals surface area contributed by atoms with Gasteiger partial charge in [-0.2, -0.15) is 0 Å². The molecule has 20 heavy (non-hydrogen) atoms. The highest BCUT2D eigenvalue weighted by molar-refractivity contribution is 5.80. The Balaban J connectivity index is 2.35. The molecule has 0 aliphatic rings. The first-order valence-electron chi connectivity index (χ1n) is 5.56. The van der Waals surface area contributed by atoms with Crippen LogP contribution in [0.25, 0.3) is 16.7 Å². The van der Waals surface area contributed by atoms with E-state index >= 15 is 0 Å². The highest BCUT2D eigenvalue weighted by Crippen LogP contribution is 2.27. The van der Waals surface area contributed by atoms with Crippen molar-refractivity contribution in [1.82, 2.24) is 9.55 Å². The lowest BCUT2D eigenvalue weighted by Gasteiger charge is -2.08. The maximum Gasteiger partial charge on any atom is 0.206 e. The molecule has 0 aliphatic heterocycles. The van der Waals surface area contributed by atoms with Gasteiger partial charge in [0.05, 0.1) is 16.7 Å². The number of hydrogen-bond acceptors (Lipinski definition) is 2. The van der Waals surface area contributed by atoms with Gasteiger partial charge >= 0.3 is 0 Å². The zero-order valence-corrected chi connectivity index (χ0v) is 9.87. The Hall–Kier alpha value is -2.57. The number of benzene rings is 2. The molecule has 0 radical (unpaired) electrons. The molecule has 0 atom stereocenters. The summed E-state index contributed by atoms with van der Waals surface area (Å²) in [6.07, 6.45) is 0. The van der Waals surface area contributed by atoms with Crippen LogP contribution in [0.5, 0.6) is 0 Å². The van der Waals surface area contributed by atoms with Crippen LogP contribution in [0.15, 0.2) is 30.3 Å². The van der Waals surface area contributed by atoms with Crippen LogP contribution in [0.2, 0.25) is 0 Å². The number of fused-ring (bicyclic) bond motifs is 1. The third kappa shape index (κ3) is 1.70. The standard InChI is InChI=1S/C13H7F4N3/c14-6-1-3-9-8(5-6)19-13(18)20(9)10-4-2-7(15)11(16)12(10)17/h1-5H,(H2,18,19). The van der Waals surface area contributed by atoms with E-state index < -0.39 is 23.3 Å². The van der Waals surface area contributed by atoms with Crippen molar-refractivity contribution in [2.45, 2.75) is 0 Å². The molecule has 0 fully saturated rings. The van der Waals surface area contributed by atoms with Crippen molar-refractivity contribution < 1.29 is 17.6 Å². The van der Waals surface area contributed by atoms with Gasteiger partial charge in [-0.25, -0.2) is 22.5 Å². The first-order chi connectivity index (χ1) is 9.49. The van der Waals surface area contributed by atoms with Crippen LogP contribution in [0.4, 0.5) is 23.5 Å². The molecule has 0 unspecified atom stereocenters. The van der Waals surface area contributed by atoms with Crippen molar-refractivity contribution in [2.75, 3.05) is 5.73 Å². The van der Waals surface area contributed by atoms with Crippen LogP contribution in [0.3, 0.4) is 0 Å². The first kappa shape index (κ1) is 12.5. The molecule has 0 saturated carbocycles. The highest BCUT2D eigenvalue weighted by atomic mass is 19.2. The van der Waals surface area contributed by atoms with Crippen LogP contribution < -0.4 is 5.73 Å². The van der Waals surface area contributed by atoms with E-state index in [4.69, 9.17) is 5.73 Å². The average molecular weight is 281 g/mol. The maximum atomic E-state index is 13.8. The molecule has 2 N–H and O–H groups in total. The van der Waals surface area contributed by atoms with Crippen LogP contribution in [0, 0.1) is 23.3 Å². The van der Waals surface area contributed by atoms with Crippen LogP contribution in [0.1, 0.15) is 0 Å². The zero-order chi connectivity index (χ0) is 14.4. The van der Waals surface area contributed by atoms with Crippen molar-refractivity contribution in [3.05, 3.63) is 53.6 Å². The number of anilines is 1. The maximum absolute atomic E-state index is 13.8. The molecule has 3 aromatic rings. The van der Waals surface area contributed by atoms with E-state index in [1.807, 2.05) is 0 Å². The molecule has 102 valence electrons. The number of hydrogen-bond donors (Lipinski definition) is 1. The quantitative estimate of drug-likeness (QED) is 0.550. The molecule has 7 heteroatoms. The van der Waals surface area contributed by atoms with E-state index in [0.29, 0.717) is 0 Å². The van der Waals surface area contributed by atoms with Gasteiger partial charge in [-0.15, -0.1) is 0 Å². The average Bonchev–Trinajstić information content (AvgIpc) is 2.72. The van der Waals surface area contributed by atoms with Gasteiger partial charge in [0.2, 0.25) is 5.95 Å². The van der Waals surface area contributed by atoms with Gasteiger partial charge in [-0.3, -0.25) is 4.57 Å². The molecule has 1 heterocycles. The predicted octanol–water partition coefficient (Wildman–Crippen LogP) is 3.16. The summed E-state index contributed by atoms with van der Waals surface area (Å²) < 4.78 is 54.3. The van der Waals surface area contributed by atoms with Gasteiger partial charge in [0.15, 0.2) is 17.5 Å². The van der Waals surface area contributed by atoms with Crippen molar-refractivity contribution in [3.8, 4) is 5.69 Å². The monoisotopic (exact) mass is 281 g/mol. The second kappa shape index (κ2) is 4.22. The Bertz CT molecular complexity index is 826. The second-order valence-corrected chi connectivity index (χ2v) is 4.13. The zero-order valence-electron chi connectivity index (χ0n) is 9.87. The minimum Gasteiger partial charge on any atom is -0.369 e. The lowest BCUT2D eigenvalue weighted by Crippen LogP contribution is -2.05. The third-order valence-corrected chi connectivity index (χ3v) is 2.90. The van der Waals surface area contributed by atoms with Crippen LogP contribution >= 0.6 is 0 Å². The Labute approximate surface area is 110 Å². The van der Waals surface area contributed by atoms with Crippen LogP contribution in [-0.4, -0.2) is 9.55 Å². The molecular formula is C13H7F4N3. The van der Waals surface area contributed by atoms with E-state index in [1.165, 1.54) is 6.07 Å². The smallest absolute Gasteiger partial charge is 0.206 e. The van der Waals surface area contributed by atoms with Crippen molar-refractivity contribution in [1.29, 1.82) is 0 Å². The van der Waals surface area contributed by atoms with Crippen LogP contribution in [-0.2, 0) is 0 Å². The summed E-state index contributed by atoms with van der Waals surface area (Å²) in [5.41, 5.74) is 5.82. The lowest BCUT2D eigenvalue weighted by molar-refractivity contribution is 0.445. The van der Waals surface area contributed by atoms with Crippen molar-refractivity contribution in [2.24, 2.45) is 0 Å². The molecule has 0 spiro atoms. The normalized spacial score (nSPS) is 11.2. The van der Waals surface area contributed by atoms with Gasteiger partial charge in [-0.1, -0.05) is 0 Å². The molecule has 0 bridgehead atoms. The molecule has 1 aromatic heterocycles. The SMILES string of the molecule is Nc1nc2cc(F)ccc2n1-c1ccc(F)c(F)c1F. The van der Waals surface area contributed by atoms with E-state index in [1.54, 1.807) is 0 Å². The van der Waals surface area contributed by atoms with Gasteiger partial charge < -0.3 is 5.73 Å². The number of aromatic nitrogens is 2. The minimum atomic E-state index is -1.61. The second-order valence-electron chi connectivity index (χ2n) is 4.13. The largest absolute Gasteiger partial charge is 0.369 e. The van der Waals surface area contributed by atoms with E-state index in [2.05, 4.69) is 4.98 Å². The fourth-order valence-corrected chi connectivity index (χ4v) is 2.01. The van der Waals surface area contributed by atoms with E-state index in [0.717, 1.165) is 28.8 Å². The lowest BCUT2D eigenvalue weighted by atomic mass is 10.2. The number of rotatable bonds is 1. The summed E-state index contributed by atoms with van der Waals surface area (Å²) >= 11 is 0. The minimum absolute atomic E-state index is 0.157. The van der Waals surface area contributed by atoms with Gasteiger partial charge in [0.1, 0.15) is 5.82 Å². The molecular weight excluding hydrogens is 274 g/mol. The number of halogens is 4. The summed E-state index contributed by atoms with van der Waals surface area (Å²) in [5, 5.41) is 0. The molecule has 0 amide bonds. The highest BCUT2D eigenvalue weighted by Gasteiger charge is 2.19. The number of imidazole rings is 1. The van der Waals surface area contributed by atoms with Gasteiger partial charge in [0.25, 0.3) is 0 Å². The summed E-state index contributed by atoms with van der Waals surface area (Å²) in [5.74, 6) is -4.99. The summed E-state index contributed by atoms with van der Waals surface area (Å²) in [7, 11) is 0. The predicted molar refractivity (Wildman–Crippen MR) is 65.3 cm³/mol. The molecule has 3 rings (SSSR count). The van der Waals surface area contributed by atoms with Gasteiger partial charge in [0, 0.05) is 6.07 Å². The molecule has 2 aromatic carbocycles. The van der Waals surface area contributed by atoms with Gasteiger partial charge in [-0.05, 0) is 24.3 Å². The van der Waals surface area contributed by atoms with E-state index in [9.17, 15) is 17.6 Å². The van der Waals surface area contributed by atoms with Crippen molar-refractivity contribution in [3.63, 3.8) is 0 Å². The Morgan fingerprint density at radius 3 is 2.45 bits per heavy atom. The number of nitrogen functional groups attached to an aromatic ring is 1. The Kier molecular flexibility index (Phi) is 2.63. The molecule has 3 nitrogen and oxygen atoms in total. The Morgan fingerprint density at radius 1 is 0.950 bits per heavy atom. The Morgan fingerprint density at radius 2 is 1.70 bits per heavy atom. The fourth-order valence-electron chi connectivity index (χ4n) is 2.01. The van der Waals surface area contributed by atoms with Crippen molar-refractivity contribution >= 4 is 17.0 Å². The summed E-state index contributed by atoms with van der Waals surface area (Å²) in [6.45, 7) is 0. The first-order valence-corrected chi connectivity index (χ1v) is 5.56. The molecule has 0 aliphatic carbocycles. The van der Waals surface area contributed by atoms with E-state index in [-0.39, 0.29) is 22.7 Å². The molecule has 0 saturated heterocycles. The third-order valence-electron chi connectivity index (χ3n) is 2.90.